The van der Waals surface area contributed by atoms with Crippen molar-refractivity contribution in [1.29, 1.82) is 0 Å². The van der Waals surface area contributed by atoms with E-state index in [1.165, 1.54) is 55.6 Å². The summed E-state index contributed by atoms with van der Waals surface area (Å²) >= 11 is 7.86. The van der Waals surface area contributed by atoms with Gasteiger partial charge in [-0.1, -0.05) is 200 Å². The maximum absolute atomic E-state index is 3.93. The quantitative estimate of drug-likeness (QED) is 0.150. The summed E-state index contributed by atoms with van der Waals surface area (Å²) in [5, 5.41) is 0. The minimum Gasteiger partial charge on any atom is -0.311 e. The summed E-state index contributed by atoms with van der Waals surface area (Å²) < 4.78 is 2.11. The molecular weight excluding hydrogens is 969 g/mol. The summed E-state index contributed by atoms with van der Waals surface area (Å²) in [6, 6.07) is 68.8. The number of rotatable bonds is 8. The van der Waals surface area contributed by atoms with Gasteiger partial charge in [-0.25, -0.2) is 0 Å². The van der Waals surface area contributed by atoms with Crippen LogP contribution in [0, 0.1) is 0 Å². The molecule has 0 aromatic heterocycles. The molecule has 9 rings (SSSR count). The van der Waals surface area contributed by atoms with E-state index in [-0.39, 0.29) is 21.7 Å². The topological polar surface area (TPSA) is 6.48 Å². The Hall–Kier alpha value is -5.68. The van der Waals surface area contributed by atoms with E-state index < -0.39 is 5.41 Å². The van der Waals surface area contributed by atoms with Gasteiger partial charge < -0.3 is 9.80 Å². The number of benzene rings is 8. The molecule has 0 N–H and O–H groups in total. The van der Waals surface area contributed by atoms with Crippen molar-refractivity contribution in [2.24, 2.45) is 0 Å². The van der Waals surface area contributed by atoms with Crippen molar-refractivity contribution in [1.82, 2.24) is 0 Å². The van der Waals surface area contributed by atoms with Crippen LogP contribution in [0.15, 0.2) is 191 Å². The van der Waals surface area contributed by atoms with Crippen molar-refractivity contribution in [2.75, 3.05) is 9.80 Å². The third-order valence-electron chi connectivity index (χ3n) is 14.1. The Labute approximate surface area is 429 Å². The molecule has 0 bridgehead atoms. The molecule has 1 aliphatic rings. The lowest BCUT2D eigenvalue weighted by Crippen LogP contribution is -2.29. The van der Waals surface area contributed by atoms with Crippen LogP contribution in [0.4, 0.5) is 34.1 Å². The van der Waals surface area contributed by atoms with Gasteiger partial charge in [-0.15, -0.1) is 0 Å². The van der Waals surface area contributed by atoms with Gasteiger partial charge in [-0.2, -0.15) is 0 Å². The van der Waals surface area contributed by atoms with Gasteiger partial charge in [0.1, 0.15) is 0 Å². The molecule has 0 fully saturated rings. The van der Waals surface area contributed by atoms with Crippen molar-refractivity contribution in [2.45, 2.75) is 110 Å². The van der Waals surface area contributed by atoms with Crippen LogP contribution in [0.1, 0.15) is 128 Å². The average molecular weight is 1040 g/mol. The SMILES string of the molecule is CC(C)(C)c1ccc(N(c2ccc(C(C)(C)C)cc2)c2ccc(C3(c4ccc(N(c5ccc(C(C)(C)C)cc5)c5ccc(C(C)(C)C)cc5)cc4)c4cc(Br)ccc4-c4ccc(Br)cc43)cc2)cc1. The number of hydrogen-bond donors (Lipinski definition) is 0. The molecule has 0 radical (unpaired) electrons. The second-order valence-electron chi connectivity index (χ2n) is 23.1. The van der Waals surface area contributed by atoms with Gasteiger partial charge in [0, 0.05) is 43.1 Å². The molecular formula is C65H66Br2N2. The predicted molar refractivity (Wildman–Crippen MR) is 303 cm³/mol. The van der Waals surface area contributed by atoms with Crippen molar-refractivity contribution < 1.29 is 0 Å². The van der Waals surface area contributed by atoms with Crippen LogP contribution in [-0.4, -0.2) is 0 Å². The van der Waals surface area contributed by atoms with Crippen molar-refractivity contribution in [3.63, 3.8) is 0 Å². The lowest BCUT2D eigenvalue weighted by atomic mass is 9.67. The minimum absolute atomic E-state index is 0.0530. The molecule has 1 aliphatic carbocycles. The largest absolute Gasteiger partial charge is 0.311 e. The molecule has 0 saturated heterocycles. The summed E-state index contributed by atoms with van der Waals surface area (Å²) in [6.45, 7) is 27.3. The molecule has 4 heteroatoms. The van der Waals surface area contributed by atoms with Gasteiger partial charge in [0.25, 0.3) is 0 Å². The van der Waals surface area contributed by atoms with E-state index in [0.29, 0.717) is 0 Å². The molecule has 69 heavy (non-hydrogen) atoms. The zero-order valence-electron chi connectivity index (χ0n) is 42.5. The highest BCUT2D eigenvalue weighted by atomic mass is 79.9. The van der Waals surface area contributed by atoms with Gasteiger partial charge in [0.15, 0.2) is 0 Å². The zero-order chi connectivity index (χ0) is 49.3. The monoisotopic (exact) mass is 1030 g/mol. The Bertz CT molecular complexity index is 2770. The second kappa shape index (κ2) is 17.9. The second-order valence-corrected chi connectivity index (χ2v) is 24.9. The summed E-state index contributed by atoms with van der Waals surface area (Å²) in [6.07, 6.45) is 0. The van der Waals surface area contributed by atoms with E-state index >= 15 is 0 Å². The molecule has 0 spiro atoms. The molecule has 0 unspecified atom stereocenters. The van der Waals surface area contributed by atoms with Gasteiger partial charge >= 0.3 is 0 Å². The smallest absolute Gasteiger partial charge is 0.0714 e. The third-order valence-corrected chi connectivity index (χ3v) is 15.1. The van der Waals surface area contributed by atoms with Gasteiger partial charge in [-0.3, -0.25) is 0 Å². The summed E-state index contributed by atoms with van der Waals surface area (Å²) in [5.74, 6) is 0. The fourth-order valence-electron chi connectivity index (χ4n) is 10.1. The van der Waals surface area contributed by atoms with Crippen molar-refractivity contribution >= 4 is 66.0 Å². The Morgan fingerprint density at radius 1 is 0.290 bits per heavy atom. The van der Waals surface area contributed by atoms with Gasteiger partial charge in [0.05, 0.1) is 5.41 Å². The number of hydrogen-bond acceptors (Lipinski definition) is 2. The van der Waals surface area contributed by atoms with E-state index in [9.17, 15) is 0 Å². The highest BCUT2D eigenvalue weighted by molar-refractivity contribution is 9.10. The molecule has 350 valence electrons. The normalized spacial score (nSPS) is 13.5. The molecule has 0 atom stereocenters. The average Bonchev–Trinajstić information content (AvgIpc) is 3.58. The van der Waals surface area contributed by atoms with Crippen molar-refractivity contribution in [3.8, 4) is 11.1 Å². The van der Waals surface area contributed by atoms with Crippen LogP contribution < -0.4 is 9.80 Å². The van der Waals surface area contributed by atoms with Gasteiger partial charge in [-0.05, 0) is 174 Å². The summed E-state index contributed by atoms with van der Waals surface area (Å²) in [7, 11) is 0. The predicted octanol–water partition coefficient (Wildman–Crippen LogP) is 19.7. The number of halogens is 2. The molecule has 0 amide bonds. The molecule has 8 aromatic carbocycles. The first-order valence-corrected chi connectivity index (χ1v) is 26.0. The lowest BCUT2D eigenvalue weighted by Gasteiger charge is -2.35. The summed E-state index contributed by atoms with van der Waals surface area (Å²) in [5.41, 5.74) is 18.9. The van der Waals surface area contributed by atoms with Crippen LogP contribution in [0.2, 0.25) is 0 Å². The zero-order valence-corrected chi connectivity index (χ0v) is 45.6. The molecule has 0 aliphatic heterocycles. The van der Waals surface area contributed by atoms with E-state index in [4.69, 9.17) is 0 Å². The summed E-state index contributed by atoms with van der Waals surface area (Å²) in [4.78, 5) is 4.79. The standard InChI is InChI=1S/C65H66Br2N2/c1-61(2,3)43-13-27-51(28-14-43)68(52-29-15-44(16-30-52)62(4,5)6)55-35-21-47(22-36-55)65(59-41-49(66)25-39-57(59)58-40-26-50(67)42-60(58)65)48-23-37-56(38-24-48)69(53-31-17-45(18-32-53)63(7,8)9)54-33-19-46(20-34-54)64(10,11)12/h13-42H,1-12H3. The Kier molecular flexibility index (Phi) is 12.6. The maximum atomic E-state index is 3.93. The van der Waals surface area contributed by atoms with E-state index in [2.05, 4.69) is 307 Å². The fraction of sp³-hybridized carbons (Fsp3) is 0.262. The van der Waals surface area contributed by atoms with Crippen LogP contribution in [0.25, 0.3) is 11.1 Å². The Morgan fingerprint density at radius 2 is 0.507 bits per heavy atom. The first kappa shape index (κ1) is 48.3. The number of nitrogens with zero attached hydrogens (tertiary/aromatic N) is 2. The lowest BCUT2D eigenvalue weighted by molar-refractivity contribution is 0.590. The molecule has 8 aromatic rings. The van der Waals surface area contributed by atoms with Gasteiger partial charge in [0.2, 0.25) is 0 Å². The van der Waals surface area contributed by atoms with E-state index in [0.717, 1.165) is 43.1 Å². The van der Waals surface area contributed by atoms with Crippen molar-refractivity contribution in [3.05, 3.63) is 235 Å². The molecule has 2 nitrogen and oxygen atoms in total. The van der Waals surface area contributed by atoms with E-state index in [1.807, 2.05) is 0 Å². The fourth-order valence-corrected chi connectivity index (χ4v) is 10.8. The van der Waals surface area contributed by atoms with Crippen LogP contribution in [-0.2, 0) is 27.1 Å². The molecule has 0 saturated carbocycles. The first-order chi connectivity index (χ1) is 32.5. The third kappa shape index (κ3) is 9.28. The number of anilines is 6. The highest BCUT2D eigenvalue weighted by Crippen LogP contribution is 2.58. The maximum Gasteiger partial charge on any atom is 0.0714 e. The van der Waals surface area contributed by atoms with Crippen LogP contribution >= 0.6 is 31.9 Å². The van der Waals surface area contributed by atoms with Crippen LogP contribution in [0.5, 0.6) is 0 Å². The minimum atomic E-state index is -0.629. The Morgan fingerprint density at radius 3 is 0.725 bits per heavy atom. The number of fused-ring (bicyclic) bond motifs is 3. The van der Waals surface area contributed by atoms with Crippen LogP contribution in [0.3, 0.4) is 0 Å². The van der Waals surface area contributed by atoms with E-state index in [1.54, 1.807) is 0 Å². The first-order valence-electron chi connectivity index (χ1n) is 24.4. The highest BCUT2D eigenvalue weighted by Gasteiger charge is 2.46. The molecule has 0 heterocycles. The Balaban J connectivity index is 1.21.